The highest BCUT2D eigenvalue weighted by Gasteiger charge is 2.19. The van der Waals surface area contributed by atoms with Crippen LogP contribution in [0.2, 0.25) is 0 Å². The van der Waals surface area contributed by atoms with Crippen molar-refractivity contribution < 1.29 is 0 Å². The summed E-state index contributed by atoms with van der Waals surface area (Å²) < 4.78 is 0. The van der Waals surface area contributed by atoms with Crippen molar-refractivity contribution in [3.8, 4) is 0 Å². The average Bonchev–Trinajstić information content (AvgIpc) is 2.55. The Morgan fingerprint density at radius 2 is 1.57 bits per heavy atom. The molecule has 0 aliphatic carbocycles. The Morgan fingerprint density at radius 1 is 0.905 bits per heavy atom. The van der Waals surface area contributed by atoms with Crippen LogP contribution >= 0.6 is 0 Å². The highest BCUT2D eigenvalue weighted by Crippen LogP contribution is 2.14. The fourth-order valence-electron chi connectivity index (χ4n) is 3.07. The van der Waals surface area contributed by atoms with E-state index in [1.54, 1.807) is 0 Å². The zero-order chi connectivity index (χ0) is 14.3. The highest BCUT2D eigenvalue weighted by molar-refractivity contribution is 5.15. The van der Waals surface area contributed by atoms with Crippen LogP contribution in [-0.2, 0) is 13.1 Å². The van der Waals surface area contributed by atoms with Crippen LogP contribution < -0.4 is 5.32 Å². The third-order valence-corrected chi connectivity index (χ3v) is 4.19. The lowest BCUT2D eigenvalue weighted by Crippen LogP contribution is -2.44. The van der Waals surface area contributed by atoms with E-state index in [0.29, 0.717) is 6.04 Å². The molecule has 2 aromatic rings. The lowest BCUT2D eigenvalue weighted by molar-refractivity contribution is 0.182. The molecule has 110 valence electrons. The second kappa shape index (κ2) is 7.39. The van der Waals surface area contributed by atoms with Crippen LogP contribution in [0.15, 0.2) is 60.7 Å². The minimum atomic E-state index is 0.614. The van der Waals surface area contributed by atoms with Crippen LogP contribution in [0.25, 0.3) is 0 Å². The third-order valence-electron chi connectivity index (χ3n) is 4.19. The Morgan fingerprint density at radius 3 is 2.29 bits per heavy atom. The standard InChI is InChI=1S/C19H24N2/c1-3-8-17(9-4-1)14-20-19-12-7-13-21(16-19)15-18-10-5-2-6-11-18/h1-6,8-11,19-20H,7,12-16H2/t19-/m1/s1. The van der Waals surface area contributed by atoms with E-state index in [4.69, 9.17) is 0 Å². The first kappa shape index (κ1) is 14.3. The van der Waals surface area contributed by atoms with Gasteiger partial charge in [0.25, 0.3) is 0 Å². The Hall–Kier alpha value is -1.64. The number of rotatable bonds is 5. The van der Waals surface area contributed by atoms with E-state index in [9.17, 15) is 0 Å². The molecule has 1 heterocycles. The van der Waals surface area contributed by atoms with E-state index in [2.05, 4.69) is 70.9 Å². The number of nitrogens with zero attached hydrogens (tertiary/aromatic N) is 1. The van der Waals surface area contributed by atoms with E-state index < -0.39 is 0 Å². The summed E-state index contributed by atoms with van der Waals surface area (Å²) in [5, 5.41) is 3.71. The fourth-order valence-corrected chi connectivity index (χ4v) is 3.07. The second-order valence-corrected chi connectivity index (χ2v) is 5.93. The van der Waals surface area contributed by atoms with Crippen molar-refractivity contribution in [2.75, 3.05) is 13.1 Å². The summed E-state index contributed by atoms with van der Waals surface area (Å²) in [7, 11) is 0. The van der Waals surface area contributed by atoms with Gasteiger partial charge in [-0.05, 0) is 30.5 Å². The number of piperidine rings is 1. The molecule has 1 fully saturated rings. The Balaban J connectivity index is 1.49. The van der Waals surface area contributed by atoms with Crippen molar-refractivity contribution in [1.29, 1.82) is 0 Å². The molecule has 1 aliphatic rings. The van der Waals surface area contributed by atoms with Crippen molar-refractivity contribution in [2.24, 2.45) is 0 Å². The van der Waals surface area contributed by atoms with Gasteiger partial charge < -0.3 is 5.32 Å². The molecule has 1 N–H and O–H groups in total. The first-order valence-electron chi connectivity index (χ1n) is 7.94. The van der Waals surface area contributed by atoms with E-state index >= 15 is 0 Å². The van der Waals surface area contributed by atoms with Gasteiger partial charge in [0.2, 0.25) is 0 Å². The van der Waals surface area contributed by atoms with Gasteiger partial charge >= 0.3 is 0 Å². The fraction of sp³-hybridized carbons (Fsp3) is 0.368. The first-order chi connectivity index (χ1) is 10.4. The van der Waals surface area contributed by atoms with Crippen molar-refractivity contribution in [3.63, 3.8) is 0 Å². The van der Waals surface area contributed by atoms with Crippen LogP contribution in [0.3, 0.4) is 0 Å². The summed E-state index contributed by atoms with van der Waals surface area (Å²) in [4.78, 5) is 2.57. The van der Waals surface area contributed by atoms with E-state index in [1.165, 1.54) is 30.5 Å². The monoisotopic (exact) mass is 280 g/mol. The molecule has 3 rings (SSSR count). The molecule has 21 heavy (non-hydrogen) atoms. The summed E-state index contributed by atoms with van der Waals surface area (Å²) in [5.74, 6) is 0. The first-order valence-corrected chi connectivity index (χ1v) is 7.94. The third kappa shape index (κ3) is 4.42. The van der Waals surface area contributed by atoms with E-state index in [-0.39, 0.29) is 0 Å². The van der Waals surface area contributed by atoms with Gasteiger partial charge in [-0.15, -0.1) is 0 Å². The number of hydrogen-bond acceptors (Lipinski definition) is 2. The molecular weight excluding hydrogens is 256 g/mol. The topological polar surface area (TPSA) is 15.3 Å². The minimum Gasteiger partial charge on any atom is -0.309 e. The van der Waals surface area contributed by atoms with Gasteiger partial charge in [-0.25, -0.2) is 0 Å². The lowest BCUT2D eigenvalue weighted by Gasteiger charge is -2.33. The summed E-state index contributed by atoms with van der Waals surface area (Å²) in [6.07, 6.45) is 2.58. The van der Waals surface area contributed by atoms with Crippen LogP contribution in [0.5, 0.6) is 0 Å². The molecule has 1 saturated heterocycles. The maximum atomic E-state index is 3.71. The zero-order valence-corrected chi connectivity index (χ0v) is 12.5. The molecule has 0 unspecified atom stereocenters. The maximum Gasteiger partial charge on any atom is 0.0234 e. The van der Waals surface area contributed by atoms with Crippen molar-refractivity contribution in [2.45, 2.75) is 32.0 Å². The van der Waals surface area contributed by atoms with Crippen molar-refractivity contribution in [3.05, 3.63) is 71.8 Å². The summed E-state index contributed by atoms with van der Waals surface area (Å²) in [6.45, 7) is 4.43. The molecule has 2 nitrogen and oxygen atoms in total. The molecule has 2 aromatic carbocycles. The molecule has 0 bridgehead atoms. The smallest absolute Gasteiger partial charge is 0.0234 e. The Kier molecular flexibility index (Phi) is 5.03. The number of nitrogens with one attached hydrogen (secondary N) is 1. The molecule has 0 saturated carbocycles. The van der Waals surface area contributed by atoms with Crippen LogP contribution in [0, 0.1) is 0 Å². The average molecular weight is 280 g/mol. The molecular formula is C19H24N2. The molecule has 1 atom stereocenters. The highest BCUT2D eigenvalue weighted by atomic mass is 15.2. The van der Waals surface area contributed by atoms with E-state index in [1.807, 2.05) is 0 Å². The number of hydrogen-bond donors (Lipinski definition) is 1. The number of benzene rings is 2. The van der Waals surface area contributed by atoms with Gasteiger partial charge in [0.1, 0.15) is 0 Å². The largest absolute Gasteiger partial charge is 0.309 e. The molecule has 0 aromatic heterocycles. The normalized spacial score (nSPS) is 19.5. The lowest BCUT2D eigenvalue weighted by atomic mass is 10.0. The quantitative estimate of drug-likeness (QED) is 0.902. The maximum absolute atomic E-state index is 3.71. The van der Waals surface area contributed by atoms with Crippen LogP contribution in [0.1, 0.15) is 24.0 Å². The van der Waals surface area contributed by atoms with Crippen LogP contribution in [-0.4, -0.2) is 24.0 Å². The Labute approximate surface area is 127 Å². The van der Waals surface area contributed by atoms with Gasteiger partial charge in [0.05, 0.1) is 0 Å². The molecule has 2 heteroatoms. The number of likely N-dealkylation sites (tertiary alicyclic amines) is 1. The van der Waals surface area contributed by atoms with Crippen molar-refractivity contribution in [1.82, 2.24) is 10.2 Å². The van der Waals surface area contributed by atoms with Gasteiger partial charge in [0.15, 0.2) is 0 Å². The van der Waals surface area contributed by atoms with Gasteiger partial charge in [-0.3, -0.25) is 4.90 Å². The van der Waals surface area contributed by atoms with Crippen molar-refractivity contribution >= 4 is 0 Å². The van der Waals surface area contributed by atoms with Gasteiger partial charge in [-0.1, -0.05) is 60.7 Å². The van der Waals surface area contributed by atoms with Gasteiger partial charge in [-0.2, -0.15) is 0 Å². The summed E-state index contributed by atoms with van der Waals surface area (Å²) in [6, 6.07) is 22.1. The SMILES string of the molecule is c1ccc(CN[C@@H]2CCCN(Cc3ccccc3)C2)cc1. The predicted molar refractivity (Wildman–Crippen MR) is 88.0 cm³/mol. The zero-order valence-electron chi connectivity index (χ0n) is 12.5. The van der Waals surface area contributed by atoms with E-state index in [0.717, 1.165) is 19.6 Å². The van der Waals surface area contributed by atoms with Gasteiger partial charge in [0, 0.05) is 25.7 Å². The summed E-state index contributed by atoms with van der Waals surface area (Å²) >= 11 is 0. The summed E-state index contributed by atoms with van der Waals surface area (Å²) in [5.41, 5.74) is 2.79. The van der Waals surface area contributed by atoms with Crippen LogP contribution in [0.4, 0.5) is 0 Å². The predicted octanol–water partition coefficient (Wildman–Crippen LogP) is 3.44. The molecule has 0 radical (unpaired) electrons. The Bertz CT molecular complexity index is 524. The second-order valence-electron chi connectivity index (χ2n) is 5.93. The molecule has 0 amide bonds. The molecule has 1 aliphatic heterocycles. The molecule has 0 spiro atoms. The minimum absolute atomic E-state index is 0.614.